The van der Waals surface area contributed by atoms with Gasteiger partial charge in [0.05, 0.1) is 0 Å². The quantitative estimate of drug-likeness (QED) is 0.905. The molecule has 1 atom stereocenters. The number of aryl methyl sites for hydroxylation is 1. The lowest BCUT2D eigenvalue weighted by atomic mass is 9.95. The molecule has 1 N–H and O–H groups in total. The van der Waals surface area contributed by atoms with Gasteiger partial charge in [0.2, 0.25) is 0 Å². The molecule has 1 amide bonds. The van der Waals surface area contributed by atoms with Gasteiger partial charge in [-0.1, -0.05) is 6.92 Å². The molecular weight excluding hydrogens is 246 g/mol. The number of rotatable bonds is 4. The standard InChI is InChI=1S/C14H19NO4/c1-2-11-5-6-12(19-11)14(18)15-7-3-4-10(9-15)8-13(16)17/h5-6,10H,2-4,7-9H2,1H3,(H,16,17). The van der Waals surface area contributed by atoms with Crippen molar-refractivity contribution in [3.63, 3.8) is 0 Å². The van der Waals surface area contributed by atoms with Crippen LogP contribution in [0, 0.1) is 5.92 Å². The molecule has 1 fully saturated rings. The second kappa shape index (κ2) is 5.91. The molecule has 0 radical (unpaired) electrons. The number of nitrogens with zero attached hydrogens (tertiary/aromatic N) is 1. The second-order valence-corrected chi connectivity index (χ2v) is 4.98. The van der Waals surface area contributed by atoms with Crippen LogP contribution in [-0.4, -0.2) is 35.0 Å². The van der Waals surface area contributed by atoms with E-state index in [9.17, 15) is 9.59 Å². The minimum Gasteiger partial charge on any atom is -0.481 e. The van der Waals surface area contributed by atoms with Crippen LogP contribution >= 0.6 is 0 Å². The lowest BCUT2D eigenvalue weighted by Gasteiger charge is -2.31. The third-order valence-corrected chi connectivity index (χ3v) is 3.49. The van der Waals surface area contributed by atoms with E-state index in [1.54, 1.807) is 11.0 Å². The molecule has 1 aliphatic heterocycles. The number of hydrogen-bond acceptors (Lipinski definition) is 3. The number of hydrogen-bond donors (Lipinski definition) is 1. The Bertz CT molecular complexity index is 466. The van der Waals surface area contributed by atoms with E-state index in [1.165, 1.54) is 0 Å². The zero-order chi connectivity index (χ0) is 13.8. The number of likely N-dealkylation sites (tertiary alicyclic amines) is 1. The fourth-order valence-electron chi connectivity index (χ4n) is 2.50. The van der Waals surface area contributed by atoms with Crippen molar-refractivity contribution in [2.75, 3.05) is 13.1 Å². The largest absolute Gasteiger partial charge is 0.481 e. The molecule has 1 aliphatic rings. The van der Waals surface area contributed by atoms with E-state index >= 15 is 0 Å². The normalized spacial score (nSPS) is 19.4. The minimum atomic E-state index is -0.800. The van der Waals surface area contributed by atoms with Crippen molar-refractivity contribution >= 4 is 11.9 Å². The Morgan fingerprint density at radius 2 is 2.26 bits per heavy atom. The van der Waals surface area contributed by atoms with E-state index in [0.717, 1.165) is 25.0 Å². The van der Waals surface area contributed by atoms with E-state index in [-0.39, 0.29) is 18.2 Å². The van der Waals surface area contributed by atoms with Crippen LogP contribution in [0.1, 0.15) is 42.5 Å². The van der Waals surface area contributed by atoms with Crippen molar-refractivity contribution in [3.8, 4) is 0 Å². The number of piperidine rings is 1. The molecule has 1 aromatic rings. The Morgan fingerprint density at radius 3 is 2.89 bits per heavy atom. The number of aliphatic carboxylic acids is 1. The Balaban J connectivity index is 2.00. The molecule has 1 aromatic heterocycles. The molecule has 1 unspecified atom stereocenters. The Kier molecular flexibility index (Phi) is 4.24. The molecule has 5 nitrogen and oxygen atoms in total. The summed E-state index contributed by atoms with van der Waals surface area (Å²) in [6.45, 7) is 3.15. The second-order valence-electron chi connectivity index (χ2n) is 4.98. The van der Waals surface area contributed by atoms with Gasteiger partial charge in [-0.25, -0.2) is 0 Å². The molecule has 0 aliphatic carbocycles. The van der Waals surface area contributed by atoms with Gasteiger partial charge in [-0.2, -0.15) is 0 Å². The van der Waals surface area contributed by atoms with Crippen molar-refractivity contribution in [2.24, 2.45) is 5.92 Å². The Labute approximate surface area is 112 Å². The molecule has 19 heavy (non-hydrogen) atoms. The molecule has 5 heteroatoms. The van der Waals surface area contributed by atoms with E-state index < -0.39 is 5.97 Å². The van der Waals surface area contributed by atoms with Crippen LogP contribution in [0.15, 0.2) is 16.5 Å². The lowest BCUT2D eigenvalue weighted by Crippen LogP contribution is -2.40. The molecule has 104 valence electrons. The van der Waals surface area contributed by atoms with E-state index in [4.69, 9.17) is 9.52 Å². The average molecular weight is 265 g/mol. The van der Waals surface area contributed by atoms with Crippen LogP contribution in [-0.2, 0) is 11.2 Å². The summed E-state index contributed by atoms with van der Waals surface area (Å²) in [5, 5.41) is 8.82. The predicted molar refractivity (Wildman–Crippen MR) is 69.0 cm³/mol. The molecule has 2 rings (SSSR count). The first-order chi connectivity index (χ1) is 9.10. The Hall–Kier alpha value is -1.78. The van der Waals surface area contributed by atoms with Crippen LogP contribution < -0.4 is 0 Å². The van der Waals surface area contributed by atoms with Crippen LogP contribution in [0.2, 0.25) is 0 Å². The summed E-state index contributed by atoms with van der Waals surface area (Å²) < 4.78 is 5.46. The van der Waals surface area contributed by atoms with E-state index in [2.05, 4.69) is 0 Å². The van der Waals surface area contributed by atoms with Crippen molar-refractivity contribution in [1.82, 2.24) is 4.90 Å². The minimum absolute atomic E-state index is 0.0517. The fraction of sp³-hybridized carbons (Fsp3) is 0.571. The summed E-state index contributed by atoms with van der Waals surface area (Å²) >= 11 is 0. The Morgan fingerprint density at radius 1 is 1.47 bits per heavy atom. The number of amides is 1. The summed E-state index contributed by atoms with van der Waals surface area (Å²) in [5.41, 5.74) is 0. The van der Waals surface area contributed by atoms with Crippen molar-refractivity contribution < 1.29 is 19.1 Å². The van der Waals surface area contributed by atoms with Crippen LogP contribution in [0.4, 0.5) is 0 Å². The smallest absolute Gasteiger partial charge is 0.303 e. The van der Waals surface area contributed by atoms with Gasteiger partial charge in [0.1, 0.15) is 5.76 Å². The molecule has 0 saturated carbocycles. The van der Waals surface area contributed by atoms with Gasteiger partial charge in [0, 0.05) is 25.9 Å². The van der Waals surface area contributed by atoms with Gasteiger partial charge in [0.15, 0.2) is 5.76 Å². The van der Waals surface area contributed by atoms with Gasteiger partial charge in [0.25, 0.3) is 5.91 Å². The zero-order valence-corrected chi connectivity index (χ0v) is 11.1. The van der Waals surface area contributed by atoms with E-state index in [0.29, 0.717) is 18.8 Å². The van der Waals surface area contributed by atoms with Crippen LogP contribution in [0.5, 0.6) is 0 Å². The lowest BCUT2D eigenvalue weighted by molar-refractivity contribution is -0.138. The number of carbonyl (C=O) groups is 2. The number of furan rings is 1. The predicted octanol–water partition coefficient (Wildman–Crippen LogP) is 2.17. The summed E-state index contributed by atoms with van der Waals surface area (Å²) in [5.74, 6) is 0.270. The van der Waals surface area contributed by atoms with E-state index in [1.807, 2.05) is 13.0 Å². The first-order valence-corrected chi connectivity index (χ1v) is 6.70. The highest BCUT2D eigenvalue weighted by Gasteiger charge is 2.27. The topological polar surface area (TPSA) is 70.8 Å². The molecule has 1 saturated heterocycles. The highest BCUT2D eigenvalue weighted by atomic mass is 16.4. The fourth-order valence-corrected chi connectivity index (χ4v) is 2.50. The highest BCUT2D eigenvalue weighted by molar-refractivity contribution is 5.91. The number of carbonyl (C=O) groups excluding carboxylic acids is 1. The van der Waals surface area contributed by atoms with Gasteiger partial charge >= 0.3 is 5.97 Å². The first kappa shape index (κ1) is 13.6. The van der Waals surface area contributed by atoms with Crippen LogP contribution in [0.25, 0.3) is 0 Å². The van der Waals surface area contributed by atoms with Gasteiger partial charge < -0.3 is 14.4 Å². The molecule has 0 bridgehead atoms. The number of carboxylic acid groups (broad SMARTS) is 1. The van der Waals surface area contributed by atoms with Crippen molar-refractivity contribution in [2.45, 2.75) is 32.6 Å². The number of carboxylic acids is 1. The maximum Gasteiger partial charge on any atom is 0.303 e. The average Bonchev–Trinajstić information content (AvgIpc) is 2.86. The van der Waals surface area contributed by atoms with Crippen molar-refractivity contribution in [1.29, 1.82) is 0 Å². The van der Waals surface area contributed by atoms with Crippen molar-refractivity contribution in [3.05, 3.63) is 23.7 Å². The zero-order valence-electron chi connectivity index (χ0n) is 11.1. The van der Waals surface area contributed by atoms with Crippen LogP contribution in [0.3, 0.4) is 0 Å². The summed E-state index contributed by atoms with van der Waals surface area (Å²) in [4.78, 5) is 24.7. The molecule has 2 heterocycles. The summed E-state index contributed by atoms with van der Waals surface area (Å²) in [7, 11) is 0. The summed E-state index contributed by atoms with van der Waals surface area (Å²) in [6.07, 6.45) is 2.61. The van der Waals surface area contributed by atoms with Gasteiger partial charge in [-0.3, -0.25) is 9.59 Å². The third kappa shape index (κ3) is 3.36. The third-order valence-electron chi connectivity index (χ3n) is 3.49. The maximum atomic E-state index is 12.2. The summed E-state index contributed by atoms with van der Waals surface area (Å²) in [6, 6.07) is 3.51. The molecular formula is C14H19NO4. The van der Waals surface area contributed by atoms with Gasteiger partial charge in [-0.05, 0) is 30.9 Å². The molecule has 0 aromatic carbocycles. The van der Waals surface area contributed by atoms with Gasteiger partial charge in [-0.15, -0.1) is 0 Å². The maximum absolute atomic E-state index is 12.2. The first-order valence-electron chi connectivity index (χ1n) is 6.70. The SMILES string of the molecule is CCc1ccc(C(=O)N2CCCC(CC(=O)O)C2)o1. The highest BCUT2D eigenvalue weighted by Crippen LogP contribution is 2.22. The molecule has 0 spiro atoms. The monoisotopic (exact) mass is 265 g/mol.